The highest BCUT2D eigenvalue weighted by Crippen LogP contribution is 2.27. The Labute approximate surface area is 160 Å². The predicted molar refractivity (Wildman–Crippen MR) is 110 cm³/mol. The molecule has 3 heteroatoms. The molecule has 0 amide bonds. The molecule has 0 heterocycles. The van der Waals surface area contributed by atoms with E-state index in [0.29, 0.717) is 16.7 Å². The highest BCUT2D eigenvalue weighted by Gasteiger charge is 2.26. The summed E-state index contributed by atoms with van der Waals surface area (Å²) in [7, 11) is 0. The van der Waals surface area contributed by atoms with Crippen LogP contribution in [-0.2, 0) is 9.59 Å². The van der Waals surface area contributed by atoms with Crippen molar-refractivity contribution in [3.05, 3.63) is 22.3 Å². The number of unbranched alkanes of at least 4 members (excludes halogenated alkanes) is 7. The van der Waals surface area contributed by atoms with Crippen LogP contribution in [0, 0.1) is 5.92 Å². The minimum Gasteiger partial charge on any atom is -0.316 e. The Kier molecular flexibility index (Phi) is 10.7. The van der Waals surface area contributed by atoms with Crippen LogP contribution >= 0.6 is 0 Å². The van der Waals surface area contributed by atoms with Crippen LogP contribution in [0.1, 0.15) is 92.4 Å². The van der Waals surface area contributed by atoms with Crippen LogP contribution in [0.5, 0.6) is 0 Å². The minimum absolute atomic E-state index is 0.0555. The zero-order valence-corrected chi connectivity index (χ0v) is 17.7. The number of carbonyl (C=O) groups is 2. The summed E-state index contributed by atoms with van der Waals surface area (Å²) in [6.07, 6.45) is 10.7. The fourth-order valence-electron chi connectivity index (χ4n) is 3.46. The summed E-state index contributed by atoms with van der Waals surface area (Å²) < 4.78 is 0. The zero-order valence-electron chi connectivity index (χ0n) is 17.7. The number of nitrogens with one attached hydrogen (secondary N) is 1. The van der Waals surface area contributed by atoms with Gasteiger partial charge in [0, 0.05) is 22.3 Å². The smallest absolute Gasteiger partial charge is 0.185 e. The number of allylic oxidation sites excluding steroid dienone is 4. The van der Waals surface area contributed by atoms with Gasteiger partial charge in [-0.1, -0.05) is 52.4 Å². The standard InChI is InChI=1S/C23H39NO2/c1-17(2)16-24-15-13-11-9-7-6-8-10-12-14-21-20(5)22(25)18(3)19(4)23(21)26/h17,24H,6-16H2,1-5H3. The summed E-state index contributed by atoms with van der Waals surface area (Å²) in [4.78, 5) is 24.5. The Morgan fingerprint density at radius 1 is 0.692 bits per heavy atom. The van der Waals surface area contributed by atoms with Crippen molar-refractivity contribution in [2.45, 2.75) is 92.4 Å². The van der Waals surface area contributed by atoms with Crippen LogP contribution in [0.2, 0.25) is 0 Å². The molecule has 0 spiro atoms. The van der Waals surface area contributed by atoms with Gasteiger partial charge in [0.25, 0.3) is 0 Å². The van der Waals surface area contributed by atoms with Crippen LogP contribution in [0.15, 0.2) is 22.3 Å². The van der Waals surface area contributed by atoms with Crippen molar-refractivity contribution in [3.8, 4) is 0 Å². The molecule has 1 aliphatic carbocycles. The molecule has 0 saturated carbocycles. The molecule has 0 aromatic rings. The molecular weight excluding hydrogens is 322 g/mol. The highest BCUT2D eigenvalue weighted by molar-refractivity contribution is 6.24. The van der Waals surface area contributed by atoms with Gasteiger partial charge in [-0.2, -0.15) is 0 Å². The lowest BCUT2D eigenvalue weighted by Gasteiger charge is -2.18. The van der Waals surface area contributed by atoms with E-state index < -0.39 is 0 Å². The molecule has 0 aromatic carbocycles. The Hall–Kier alpha value is -1.22. The molecule has 26 heavy (non-hydrogen) atoms. The predicted octanol–water partition coefficient (Wildman–Crippen LogP) is 5.55. The Morgan fingerprint density at radius 3 is 1.77 bits per heavy atom. The number of hydrogen-bond acceptors (Lipinski definition) is 3. The Bertz CT molecular complexity index is 540. The van der Waals surface area contributed by atoms with Crippen molar-refractivity contribution in [3.63, 3.8) is 0 Å². The maximum atomic E-state index is 12.4. The molecule has 3 nitrogen and oxygen atoms in total. The molecule has 0 aromatic heterocycles. The van der Waals surface area contributed by atoms with Crippen molar-refractivity contribution in [1.29, 1.82) is 0 Å². The summed E-state index contributed by atoms with van der Waals surface area (Å²) in [5.74, 6) is 0.881. The molecule has 0 fully saturated rings. The summed E-state index contributed by atoms with van der Waals surface area (Å²) in [6, 6.07) is 0. The fourth-order valence-corrected chi connectivity index (χ4v) is 3.46. The molecule has 1 rings (SSSR count). The Morgan fingerprint density at radius 2 is 1.19 bits per heavy atom. The van der Waals surface area contributed by atoms with E-state index in [0.717, 1.165) is 43.8 Å². The largest absolute Gasteiger partial charge is 0.316 e. The van der Waals surface area contributed by atoms with Gasteiger partial charge in [-0.3, -0.25) is 9.59 Å². The molecule has 0 bridgehead atoms. The average molecular weight is 362 g/mol. The molecule has 1 aliphatic rings. The van der Waals surface area contributed by atoms with Gasteiger partial charge in [0.2, 0.25) is 0 Å². The van der Waals surface area contributed by atoms with Gasteiger partial charge < -0.3 is 5.32 Å². The van der Waals surface area contributed by atoms with Crippen molar-refractivity contribution in [2.75, 3.05) is 13.1 Å². The van der Waals surface area contributed by atoms with Gasteiger partial charge in [0.05, 0.1) is 0 Å². The molecule has 0 saturated heterocycles. The van der Waals surface area contributed by atoms with Crippen molar-refractivity contribution < 1.29 is 9.59 Å². The highest BCUT2D eigenvalue weighted by atomic mass is 16.1. The molecule has 0 radical (unpaired) electrons. The lowest BCUT2D eigenvalue weighted by atomic mass is 9.84. The summed E-state index contributed by atoms with van der Waals surface area (Å²) >= 11 is 0. The van der Waals surface area contributed by atoms with E-state index in [1.54, 1.807) is 13.8 Å². The summed E-state index contributed by atoms with van der Waals surface area (Å²) in [5.41, 5.74) is 2.69. The second-order valence-electron chi connectivity index (χ2n) is 8.19. The first-order chi connectivity index (χ1) is 12.4. The van der Waals surface area contributed by atoms with E-state index in [1.165, 1.54) is 38.5 Å². The number of carbonyl (C=O) groups excluding carboxylic acids is 2. The van der Waals surface area contributed by atoms with E-state index >= 15 is 0 Å². The second-order valence-corrected chi connectivity index (χ2v) is 8.19. The molecule has 148 valence electrons. The fraction of sp³-hybridized carbons (Fsp3) is 0.739. The molecule has 0 aliphatic heterocycles. The van der Waals surface area contributed by atoms with Crippen molar-refractivity contribution in [2.24, 2.45) is 5.92 Å². The summed E-state index contributed by atoms with van der Waals surface area (Å²) in [6.45, 7) is 12.1. The first kappa shape index (κ1) is 22.8. The first-order valence-electron chi connectivity index (χ1n) is 10.5. The Balaban J connectivity index is 2.08. The van der Waals surface area contributed by atoms with Crippen LogP contribution in [0.3, 0.4) is 0 Å². The third-order valence-electron chi connectivity index (χ3n) is 5.39. The molecule has 1 N–H and O–H groups in total. The quantitative estimate of drug-likeness (QED) is 0.346. The van der Waals surface area contributed by atoms with E-state index in [1.807, 2.05) is 6.92 Å². The van der Waals surface area contributed by atoms with E-state index in [2.05, 4.69) is 19.2 Å². The average Bonchev–Trinajstić information content (AvgIpc) is 2.61. The maximum Gasteiger partial charge on any atom is 0.185 e. The third kappa shape index (κ3) is 7.57. The second kappa shape index (κ2) is 12.2. The van der Waals surface area contributed by atoms with Gasteiger partial charge in [0.15, 0.2) is 11.6 Å². The van der Waals surface area contributed by atoms with Crippen molar-refractivity contribution in [1.82, 2.24) is 5.32 Å². The number of Topliss-reactive ketones (excluding diaryl/α,β-unsaturated/α-hetero) is 2. The van der Waals surface area contributed by atoms with Gasteiger partial charge in [-0.15, -0.1) is 0 Å². The van der Waals surface area contributed by atoms with Crippen LogP contribution < -0.4 is 5.32 Å². The number of hydrogen-bond donors (Lipinski definition) is 1. The SMILES string of the molecule is CC1=C(C)C(=O)C(CCCCCCCCCCNCC(C)C)=C(C)C1=O. The lowest BCUT2D eigenvalue weighted by Crippen LogP contribution is -2.20. The monoisotopic (exact) mass is 361 g/mol. The minimum atomic E-state index is 0.0555. The first-order valence-corrected chi connectivity index (χ1v) is 10.5. The van der Waals surface area contributed by atoms with E-state index in [-0.39, 0.29) is 11.6 Å². The van der Waals surface area contributed by atoms with Crippen LogP contribution in [0.4, 0.5) is 0 Å². The van der Waals surface area contributed by atoms with E-state index in [9.17, 15) is 9.59 Å². The van der Waals surface area contributed by atoms with Gasteiger partial charge >= 0.3 is 0 Å². The van der Waals surface area contributed by atoms with E-state index in [4.69, 9.17) is 0 Å². The third-order valence-corrected chi connectivity index (χ3v) is 5.39. The molecule has 0 unspecified atom stereocenters. The topological polar surface area (TPSA) is 46.2 Å². The normalized spacial score (nSPS) is 15.6. The molecular formula is C23H39NO2. The van der Waals surface area contributed by atoms with Crippen LogP contribution in [-0.4, -0.2) is 24.7 Å². The number of ketones is 2. The van der Waals surface area contributed by atoms with Gasteiger partial charge in [-0.25, -0.2) is 0 Å². The lowest BCUT2D eigenvalue weighted by molar-refractivity contribution is -0.116. The maximum absolute atomic E-state index is 12.4. The zero-order chi connectivity index (χ0) is 19.5. The summed E-state index contributed by atoms with van der Waals surface area (Å²) in [5, 5.41) is 3.49. The van der Waals surface area contributed by atoms with Gasteiger partial charge in [0.1, 0.15) is 0 Å². The van der Waals surface area contributed by atoms with Gasteiger partial charge in [-0.05, 0) is 59.0 Å². The van der Waals surface area contributed by atoms with Crippen LogP contribution in [0.25, 0.3) is 0 Å². The number of rotatable bonds is 13. The molecule has 0 atom stereocenters. The van der Waals surface area contributed by atoms with Crippen molar-refractivity contribution >= 4 is 11.6 Å².